The number of amides is 1. The van der Waals surface area contributed by atoms with Crippen LogP contribution in [0.25, 0.3) is 0 Å². The van der Waals surface area contributed by atoms with Crippen molar-refractivity contribution in [1.29, 1.82) is 0 Å². The molecule has 1 atom stereocenters. The van der Waals surface area contributed by atoms with Crippen molar-refractivity contribution in [3.63, 3.8) is 0 Å². The van der Waals surface area contributed by atoms with E-state index in [0.29, 0.717) is 12.4 Å². The summed E-state index contributed by atoms with van der Waals surface area (Å²) in [6.45, 7) is 2.59. The van der Waals surface area contributed by atoms with Gasteiger partial charge < -0.3 is 10.1 Å². The van der Waals surface area contributed by atoms with Crippen molar-refractivity contribution >= 4 is 33.6 Å². The van der Waals surface area contributed by atoms with Crippen LogP contribution in [0.2, 0.25) is 0 Å². The number of ether oxygens (including phenoxy) is 1. The quantitative estimate of drug-likeness (QED) is 0.673. The molecule has 0 radical (unpaired) electrons. The van der Waals surface area contributed by atoms with Crippen LogP contribution < -0.4 is 10.1 Å². The fourth-order valence-corrected chi connectivity index (χ4v) is 2.90. The van der Waals surface area contributed by atoms with Crippen molar-refractivity contribution in [3.8, 4) is 5.75 Å². The minimum absolute atomic E-state index is 0.0109. The molecule has 0 aliphatic heterocycles. The summed E-state index contributed by atoms with van der Waals surface area (Å²) in [5.41, 5.74) is 1.10. The maximum atomic E-state index is 11.9. The van der Waals surface area contributed by atoms with Crippen molar-refractivity contribution < 1.29 is 9.53 Å². The molecule has 122 valence electrons. The van der Waals surface area contributed by atoms with Crippen molar-refractivity contribution in [2.24, 2.45) is 0 Å². The number of halogens is 1. The number of benzene rings is 2. The SMILES string of the molecule is CC(NC(=O)CSCCOc1ccccc1)c1ccc(Br)cc1. The molecule has 0 bridgehead atoms. The smallest absolute Gasteiger partial charge is 0.230 e. The van der Waals surface area contributed by atoms with Crippen LogP contribution in [0.1, 0.15) is 18.5 Å². The molecule has 1 N–H and O–H groups in total. The Kier molecular flexibility index (Phi) is 7.49. The maximum absolute atomic E-state index is 11.9. The third-order valence-electron chi connectivity index (χ3n) is 3.22. The van der Waals surface area contributed by atoms with Crippen molar-refractivity contribution in [1.82, 2.24) is 5.32 Å². The summed E-state index contributed by atoms with van der Waals surface area (Å²) < 4.78 is 6.63. The van der Waals surface area contributed by atoms with Crippen LogP contribution in [-0.4, -0.2) is 24.0 Å². The van der Waals surface area contributed by atoms with Crippen LogP contribution in [0.5, 0.6) is 5.75 Å². The van der Waals surface area contributed by atoms with Gasteiger partial charge in [0.1, 0.15) is 5.75 Å². The average Bonchev–Trinajstić information content (AvgIpc) is 2.56. The highest BCUT2D eigenvalue weighted by molar-refractivity contribution is 9.10. The van der Waals surface area contributed by atoms with Crippen LogP contribution in [-0.2, 0) is 4.79 Å². The molecule has 0 saturated carbocycles. The molecule has 0 fully saturated rings. The normalized spacial score (nSPS) is 11.7. The molecule has 0 saturated heterocycles. The summed E-state index contributed by atoms with van der Waals surface area (Å²) in [5.74, 6) is 2.14. The summed E-state index contributed by atoms with van der Waals surface area (Å²) in [6, 6.07) is 17.7. The van der Waals surface area contributed by atoms with E-state index in [1.807, 2.05) is 61.5 Å². The number of para-hydroxylation sites is 1. The van der Waals surface area contributed by atoms with Crippen LogP contribution in [0, 0.1) is 0 Å². The predicted octanol–water partition coefficient (Wildman–Crippen LogP) is 4.44. The molecule has 3 nitrogen and oxygen atoms in total. The number of nitrogens with one attached hydrogen (secondary N) is 1. The van der Waals surface area contributed by atoms with Gasteiger partial charge in [0.2, 0.25) is 5.91 Å². The summed E-state index contributed by atoms with van der Waals surface area (Å²) in [6.07, 6.45) is 0. The van der Waals surface area contributed by atoms with Gasteiger partial charge in [0.15, 0.2) is 0 Å². The molecule has 5 heteroatoms. The molecule has 23 heavy (non-hydrogen) atoms. The molecule has 1 amide bonds. The lowest BCUT2D eigenvalue weighted by atomic mass is 10.1. The van der Waals surface area contributed by atoms with Crippen LogP contribution in [0.4, 0.5) is 0 Å². The molecule has 0 spiro atoms. The summed E-state index contributed by atoms with van der Waals surface area (Å²) in [5, 5.41) is 3.01. The molecule has 0 heterocycles. The molecule has 2 aromatic rings. The van der Waals surface area contributed by atoms with E-state index in [1.54, 1.807) is 11.8 Å². The number of rotatable bonds is 8. The van der Waals surface area contributed by atoms with E-state index in [9.17, 15) is 4.79 Å². The average molecular weight is 394 g/mol. The lowest BCUT2D eigenvalue weighted by Gasteiger charge is -2.14. The molecule has 1 unspecified atom stereocenters. The van der Waals surface area contributed by atoms with Crippen molar-refractivity contribution in [2.45, 2.75) is 13.0 Å². The van der Waals surface area contributed by atoms with Gasteiger partial charge >= 0.3 is 0 Å². The molecule has 2 rings (SSSR count). The predicted molar refractivity (Wildman–Crippen MR) is 100.0 cm³/mol. The van der Waals surface area contributed by atoms with E-state index in [4.69, 9.17) is 4.74 Å². The highest BCUT2D eigenvalue weighted by Gasteiger charge is 2.09. The zero-order chi connectivity index (χ0) is 16.5. The van der Waals surface area contributed by atoms with Gasteiger partial charge in [0.05, 0.1) is 18.4 Å². The lowest BCUT2D eigenvalue weighted by molar-refractivity contribution is -0.119. The van der Waals surface area contributed by atoms with Crippen molar-refractivity contribution in [3.05, 3.63) is 64.6 Å². The third kappa shape index (κ3) is 6.67. The van der Waals surface area contributed by atoms with Gasteiger partial charge in [-0.25, -0.2) is 0 Å². The van der Waals surface area contributed by atoms with Crippen LogP contribution in [0.3, 0.4) is 0 Å². The number of hydrogen-bond donors (Lipinski definition) is 1. The van der Waals surface area contributed by atoms with Crippen molar-refractivity contribution in [2.75, 3.05) is 18.1 Å². The maximum Gasteiger partial charge on any atom is 0.230 e. The lowest BCUT2D eigenvalue weighted by Crippen LogP contribution is -2.28. The Morgan fingerprint density at radius 3 is 2.57 bits per heavy atom. The van der Waals surface area contributed by atoms with Gasteiger partial charge in [-0.05, 0) is 36.8 Å². The summed E-state index contributed by atoms with van der Waals surface area (Å²) in [7, 11) is 0. The Hall–Kier alpha value is -1.46. The summed E-state index contributed by atoms with van der Waals surface area (Å²) >= 11 is 4.98. The van der Waals surface area contributed by atoms with E-state index in [1.165, 1.54) is 0 Å². The van der Waals surface area contributed by atoms with E-state index in [-0.39, 0.29) is 11.9 Å². The summed E-state index contributed by atoms with van der Waals surface area (Å²) in [4.78, 5) is 11.9. The topological polar surface area (TPSA) is 38.3 Å². The Bertz CT molecular complexity index is 604. The van der Waals surface area contributed by atoms with Gasteiger partial charge in [-0.2, -0.15) is 0 Å². The van der Waals surface area contributed by atoms with Gasteiger partial charge in [-0.15, -0.1) is 11.8 Å². The Morgan fingerprint density at radius 1 is 1.17 bits per heavy atom. The minimum Gasteiger partial charge on any atom is -0.493 e. The Balaban J connectivity index is 1.62. The van der Waals surface area contributed by atoms with Gasteiger partial charge in [0.25, 0.3) is 0 Å². The second-order valence-electron chi connectivity index (χ2n) is 5.05. The molecule has 0 aliphatic carbocycles. The third-order valence-corrected chi connectivity index (χ3v) is 4.67. The van der Waals surface area contributed by atoms with Gasteiger partial charge in [-0.3, -0.25) is 4.79 Å². The van der Waals surface area contributed by atoms with E-state index in [2.05, 4.69) is 21.2 Å². The first kappa shape index (κ1) is 17.9. The van der Waals surface area contributed by atoms with E-state index >= 15 is 0 Å². The highest BCUT2D eigenvalue weighted by atomic mass is 79.9. The molecule has 2 aromatic carbocycles. The second-order valence-corrected chi connectivity index (χ2v) is 7.08. The Morgan fingerprint density at radius 2 is 1.87 bits per heavy atom. The fraction of sp³-hybridized carbons (Fsp3) is 0.278. The number of carbonyl (C=O) groups is 1. The second kappa shape index (κ2) is 9.63. The highest BCUT2D eigenvalue weighted by Crippen LogP contribution is 2.16. The first-order valence-corrected chi connectivity index (χ1v) is 9.40. The van der Waals surface area contributed by atoms with E-state index in [0.717, 1.165) is 21.5 Å². The zero-order valence-corrected chi connectivity index (χ0v) is 15.4. The van der Waals surface area contributed by atoms with Gasteiger partial charge in [-0.1, -0.05) is 46.3 Å². The van der Waals surface area contributed by atoms with E-state index < -0.39 is 0 Å². The molecule has 0 aliphatic rings. The van der Waals surface area contributed by atoms with Gasteiger partial charge in [0, 0.05) is 10.2 Å². The number of thioether (sulfide) groups is 1. The first-order chi connectivity index (χ1) is 11.1. The minimum atomic E-state index is 0.0109. The molecule has 0 aromatic heterocycles. The standard InChI is InChI=1S/C18H20BrNO2S/c1-14(15-7-9-16(19)10-8-15)20-18(21)13-23-12-11-22-17-5-3-2-4-6-17/h2-10,14H,11-13H2,1H3,(H,20,21). The van der Waals surface area contributed by atoms with Crippen LogP contribution >= 0.6 is 27.7 Å². The largest absolute Gasteiger partial charge is 0.493 e. The Labute approximate surface area is 149 Å². The number of hydrogen-bond acceptors (Lipinski definition) is 3. The first-order valence-electron chi connectivity index (χ1n) is 7.45. The fourth-order valence-electron chi connectivity index (χ4n) is 2.02. The zero-order valence-electron chi connectivity index (χ0n) is 13.0. The monoisotopic (exact) mass is 393 g/mol. The molecular weight excluding hydrogens is 374 g/mol. The number of carbonyl (C=O) groups excluding carboxylic acids is 1. The van der Waals surface area contributed by atoms with Crippen LogP contribution in [0.15, 0.2) is 59.1 Å². The molecular formula is C18H20BrNO2S.